The van der Waals surface area contributed by atoms with E-state index in [0.717, 1.165) is 19.3 Å². The highest BCUT2D eigenvalue weighted by molar-refractivity contribution is 7.09. The summed E-state index contributed by atoms with van der Waals surface area (Å²) < 4.78 is 0. The molecule has 0 bridgehead atoms. The molecule has 0 radical (unpaired) electrons. The van der Waals surface area contributed by atoms with Gasteiger partial charge in [0.1, 0.15) is 0 Å². The van der Waals surface area contributed by atoms with E-state index in [4.69, 9.17) is 4.98 Å². The van der Waals surface area contributed by atoms with Crippen LogP contribution in [0.2, 0.25) is 0 Å². The summed E-state index contributed by atoms with van der Waals surface area (Å²) in [7, 11) is 0. The summed E-state index contributed by atoms with van der Waals surface area (Å²) in [6.45, 7) is 8.77. The Balaban J connectivity index is 2.03. The van der Waals surface area contributed by atoms with Crippen molar-refractivity contribution >= 4 is 11.3 Å². The lowest BCUT2D eigenvalue weighted by Crippen LogP contribution is -2.17. The molecule has 96 valence electrons. The highest BCUT2D eigenvalue weighted by Crippen LogP contribution is 2.35. The molecular weight excluding hydrogens is 230 g/mol. The standard InChI is InChI=1S/C14H23NOS/c1-9-10(5-6-11(9)16)7-13-15-12(8-17-13)14(2,3)4/h8-11,16H,5-7H2,1-4H3. The van der Waals surface area contributed by atoms with E-state index in [9.17, 15) is 5.11 Å². The number of nitrogens with zero attached hydrogens (tertiary/aromatic N) is 1. The Bertz CT molecular complexity index is 380. The molecule has 2 rings (SSSR count). The van der Waals surface area contributed by atoms with E-state index in [1.54, 1.807) is 11.3 Å². The number of aromatic nitrogens is 1. The molecule has 1 saturated carbocycles. The van der Waals surface area contributed by atoms with Crippen molar-refractivity contribution < 1.29 is 5.11 Å². The minimum absolute atomic E-state index is 0.0953. The van der Waals surface area contributed by atoms with Crippen molar-refractivity contribution in [3.8, 4) is 0 Å². The average Bonchev–Trinajstić information content (AvgIpc) is 2.80. The molecule has 0 spiro atoms. The molecule has 0 aliphatic heterocycles. The van der Waals surface area contributed by atoms with Crippen molar-refractivity contribution in [1.82, 2.24) is 4.98 Å². The largest absolute Gasteiger partial charge is 0.393 e. The van der Waals surface area contributed by atoms with E-state index in [2.05, 4.69) is 33.1 Å². The molecule has 1 fully saturated rings. The van der Waals surface area contributed by atoms with Crippen LogP contribution in [0.1, 0.15) is 51.2 Å². The lowest BCUT2D eigenvalue weighted by molar-refractivity contribution is 0.127. The van der Waals surface area contributed by atoms with Crippen molar-refractivity contribution in [1.29, 1.82) is 0 Å². The minimum atomic E-state index is -0.0953. The van der Waals surface area contributed by atoms with Crippen LogP contribution in [-0.2, 0) is 11.8 Å². The van der Waals surface area contributed by atoms with Gasteiger partial charge in [0.25, 0.3) is 0 Å². The SMILES string of the molecule is CC1C(O)CCC1Cc1nc(C(C)(C)C)cs1. The van der Waals surface area contributed by atoms with E-state index in [-0.39, 0.29) is 11.5 Å². The Morgan fingerprint density at radius 1 is 1.41 bits per heavy atom. The molecule has 3 atom stereocenters. The molecule has 0 aromatic carbocycles. The monoisotopic (exact) mass is 253 g/mol. The fourth-order valence-electron chi connectivity index (χ4n) is 2.49. The zero-order valence-electron chi connectivity index (χ0n) is 11.2. The Hall–Kier alpha value is -0.410. The lowest BCUT2D eigenvalue weighted by Gasteiger charge is -2.16. The van der Waals surface area contributed by atoms with Gasteiger partial charge < -0.3 is 5.11 Å². The number of rotatable bonds is 2. The first-order chi connectivity index (χ1) is 7.88. The summed E-state index contributed by atoms with van der Waals surface area (Å²) in [5.74, 6) is 1.04. The Labute approximate surface area is 108 Å². The van der Waals surface area contributed by atoms with Gasteiger partial charge in [-0.05, 0) is 24.7 Å². The van der Waals surface area contributed by atoms with Crippen LogP contribution in [0.25, 0.3) is 0 Å². The fourth-order valence-corrected chi connectivity index (χ4v) is 3.60. The lowest BCUT2D eigenvalue weighted by atomic mass is 9.92. The second-order valence-corrected chi connectivity index (χ2v) is 7.29. The fraction of sp³-hybridized carbons (Fsp3) is 0.786. The van der Waals surface area contributed by atoms with Gasteiger partial charge in [-0.2, -0.15) is 0 Å². The molecule has 1 aromatic rings. The van der Waals surface area contributed by atoms with Crippen LogP contribution >= 0.6 is 11.3 Å². The normalized spacial score (nSPS) is 29.8. The Morgan fingerprint density at radius 3 is 2.59 bits per heavy atom. The zero-order valence-corrected chi connectivity index (χ0v) is 12.0. The van der Waals surface area contributed by atoms with E-state index < -0.39 is 0 Å². The molecule has 1 aliphatic rings. The topological polar surface area (TPSA) is 33.1 Å². The summed E-state index contributed by atoms with van der Waals surface area (Å²) in [5.41, 5.74) is 1.35. The molecule has 3 unspecified atom stereocenters. The van der Waals surface area contributed by atoms with Crippen molar-refractivity contribution in [2.24, 2.45) is 11.8 Å². The smallest absolute Gasteiger partial charge is 0.0931 e. The van der Waals surface area contributed by atoms with Crippen LogP contribution in [0.4, 0.5) is 0 Å². The minimum Gasteiger partial charge on any atom is -0.393 e. The van der Waals surface area contributed by atoms with Crippen molar-refractivity contribution in [3.63, 3.8) is 0 Å². The predicted molar refractivity (Wildman–Crippen MR) is 72.4 cm³/mol. The zero-order chi connectivity index (χ0) is 12.6. The van der Waals surface area contributed by atoms with Gasteiger partial charge in [-0.1, -0.05) is 27.7 Å². The van der Waals surface area contributed by atoms with Gasteiger partial charge in [0.05, 0.1) is 16.8 Å². The van der Waals surface area contributed by atoms with Crippen LogP contribution in [-0.4, -0.2) is 16.2 Å². The second-order valence-electron chi connectivity index (χ2n) is 6.34. The van der Waals surface area contributed by atoms with Crippen LogP contribution in [0.5, 0.6) is 0 Å². The van der Waals surface area contributed by atoms with Gasteiger partial charge >= 0.3 is 0 Å². The maximum atomic E-state index is 9.76. The van der Waals surface area contributed by atoms with Crippen LogP contribution in [0, 0.1) is 11.8 Å². The molecule has 17 heavy (non-hydrogen) atoms. The third-order valence-electron chi connectivity index (χ3n) is 3.94. The number of hydrogen-bond donors (Lipinski definition) is 1. The molecule has 1 aromatic heterocycles. The average molecular weight is 253 g/mol. The summed E-state index contributed by atoms with van der Waals surface area (Å²) in [5, 5.41) is 13.2. The van der Waals surface area contributed by atoms with Crippen molar-refractivity contribution in [2.75, 3.05) is 0 Å². The van der Waals surface area contributed by atoms with Gasteiger partial charge in [0.15, 0.2) is 0 Å². The maximum absolute atomic E-state index is 9.76. The van der Waals surface area contributed by atoms with Gasteiger partial charge in [0, 0.05) is 17.2 Å². The molecule has 2 nitrogen and oxygen atoms in total. The second kappa shape index (κ2) is 4.69. The quantitative estimate of drug-likeness (QED) is 0.876. The number of aliphatic hydroxyl groups is 1. The number of hydrogen-bond acceptors (Lipinski definition) is 3. The van der Waals surface area contributed by atoms with Crippen molar-refractivity contribution in [3.05, 3.63) is 16.1 Å². The van der Waals surface area contributed by atoms with Gasteiger partial charge in [-0.3, -0.25) is 0 Å². The maximum Gasteiger partial charge on any atom is 0.0931 e. The Kier molecular flexibility index (Phi) is 3.60. The first-order valence-electron chi connectivity index (χ1n) is 6.51. The van der Waals surface area contributed by atoms with E-state index in [1.807, 2.05) is 0 Å². The van der Waals surface area contributed by atoms with Crippen LogP contribution in [0.15, 0.2) is 5.38 Å². The van der Waals surface area contributed by atoms with Gasteiger partial charge in [0.2, 0.25) is 0 Å². The van der Waals surface area contributed by atoms with Crippen LogP contribution in [0.3, 0.4) is 0 Å². The Morgan fingerprint density at radius 2 is 2.12 bits per heavy atom. The third-order valence-corrected chi connectivity index (χ3v) is 4.81. The molecule has 1 heterocycles. The first kappa shape index (κ1) is 13.0. The van der Waals surface area contributed by atoms with Crippen LogP contribution < -0.4 is 0 Å². The third kappa shape index (κ3) is 2.89. The highest BCUT2D eigenvalue weighted by Gasteiger charge is 2.32. The molecular formula is C14H23NOS. The summed E-state index contributed by atoms with van der Waals surface area (Å²) in [6.07, 6.45) is 3.05. The number of thiazole rings is 1. The summed E-state index contributed by atoms with van der Waals surface area (Å²) >= 11 is 1.77. The molecule has 1 N–H and O–H groups in total. The molecule has 0 saturated heterocycles. The molecule has 1 aliphatic carbocycles. The molecule has 0 amide bonds. The van der Waals surface area contributed by atoms with E-state index in [0.29, 0.717) is 11.8 Å². The summed E-state index contributed by atoms with van der Waals surface area (Å²) in [6, 6.07) is 0. The van der Waals surface area contributed by atoms with E-state index >= 15 is 0 Å². The predicted octanol–water partition coefficient (Wildman–Crippen LogP) is 3.39. The molecule has 3 heteroatoms. The first-order valence-corrected chi connectivity index (χ1v) is 7.39. The van der Waals surface area contributed by atoms with Gasteiger partial charge in [-0.25, -0.2) is 4.98 Å². The highest BCUT2D eigenvalue weighted by atomic mass is 32.1. The number of aliphatic hydroxyl groups excluding tert-OH is 1. The van der Waals surface area contributed by atoms with Gasteiger partial charge in [-0.15, -0.1) is 11.3 Å². The van der Waals surface area contributed by atoms with Crippen molar-refractivity contribution in [2.45, 2.75) is 58.5 Å². The summed E-state index contributed by atoms with van der Waals surface area (Å²) in [4.78, 5) is 4.74. The van der Waals surface area contributed by atoms with E-state index in [1.165, 1.54) is 10.7 Å².